The number of carbonyl (C=O) groups is 1. The van der Waals surface area contributed by atoms with Crippen LogP contribution in [0, 0.1) is 5.92 Å². The Hall–Kier alpha value is -2.05. The zero-order valence-corrected chi connectivity index (χ0v) is 13.4. The van der Waals surface area contributed by atoms with Gasteiger partial charge in [-0.1, -0.05) is 11.6 Å². The number of carbonyl (C=O) groups excluding carboxylic acids is 1. The first kappa shape index (κ1) is 15.8. The van der Waals surface area contributed by atoms with Crippen molar-refractivity contribution in [2.24, 2.45) is 13.0 Å². The summed E-state index contributed by atoms with van der Waals surface area (Å²) in [5, 5.41) is 26.9. The third-order valence-electron chi connectivity index (χ3n) is 4.19. The van der Waals surface area contributed by atoms with Gasteiger partial charge in [0, 0.05) is 23.8 Å². The lowest BCUT2D eigenvalue weighted by atomic mass is 9.75. The number of phenolic OH excluding ortho intramolecular Hbond substituents is 1. The van der Waals surface area contributed by atoms with Crippen molar-refractivity contribution in [1.29, 1.82) is 0 Å². The Morgan fingerprint density at radius 2 is 2.22 bits per heavy atom. The average molecular weight is 336 g/mol. The molecule has 1 atom stereocenters. The zero-order chi connectivity index (χ0) is 16.6. The number of amides is 1. The molecule has 0 aliphatic heterocycles. The summed E-state index contributed by atoms with van der Waals surface area (Å²) < 4.78 is 1.67. The molecule has 1 aromatic carbocycles. The average Bonchev–Trinajstić information content (AvgIpc) is 2.90. The summed E-state index contributed by atoms with van der Waals surface area (Å²) in [6, 6.07) is 4.08. The number of nitrogens with zero attached hydrogens (tertiary/aromatic N) is 2. The summed E-state index contributed by atoms with van der Waals surface area (Å²) in [7, 11) is 1.81. The van der Waals surface area contributed by atoms with E-state index in [0.29, 0.717) is 17.9 Å². The van der Waals surface area contributed by atoms with Gasteiger partial charge in [-0.25, -0.2) is 0 Å². The fourth-order valence-electron chi connectivity index (χ4n) is 2.89. The maximum Gasteiger partial charge on any atom is 0.255 e. The Morgan fingerprint density at radius 3 is 2.83 bits per heavy atom. The van der Waals surface area contributed by atoms with Gasteiger partial charge in [0.2, 0.25) is 0 Å². The molecule has 7 heteroatoms. The molecule has 1 aromatic heterocycles. The lowest BCUT2D eigenvalue weighted by molar-refractivity contribution is 0.0235. The van der Waals surface area contributed by atoms with Crippen LogP contribution in [-0.2, 0) is 7.05 Å². The molecule has 122 valence electrons. The molecule has 0 radical (unpaired) electrons. The van der Waals surface area contributed by atoms with Crippen LogP contribution in [0.1, 0.15) is 34.8 Å². The smallest absolute Gasteiger partial charge is 0.255 e. The number of phenols is 1. The van der Waals surface area contributed by atoms with Crippen LogP contribution in [0.2, 0.25) is 5.02 Å². The zero-order valence-electron chi connectivity index (χ0n) is 12.6. The monoisotopic (exact) mass is 335 g/mol. The number of benzene rings is 1. The second-order valence-corrected chi connectivity index (χ2v) is 6.38. The molecule has 23 heavy (non-hydrogen) atoms. The number of aryl methyl sites for hydroxylation is 1. The van der Waals surface area contributed by atoms with E-state index in [1.807, 2.05) is 6.20 Å². The SMILES string of the molecule is Cn1cc(C(NC(=O)c2cc(Cl)ccc2O)C2CC(O)C2)cn1. The second-order valence-electron chi connectivity index (χ2n) is 5.95. The molecule has 1 aliphatic carbocycles. The Kier molecular flexibility index (Phi) is 4.28. The number of hydrogen-bond donors (Lipinski definition) is 3. The standard InChI is InChI=1S/C16H18ClN3O3/c1-20-8-10(7-18-20)15(9-4-12(21)5-9)19-16(23)13-6-11(17)2-3-14(13)22/h2-3,6-9,12,15,21-22H,4-5H2,1H3,(H,19,23). The van der Waals surface area contributed by atoms with E-state index in [0.717, 1.165) is 5.56 Å². The number of halogens is 1. The molecular weight excluding hydrogens is 318 g/mol. The summed E-state index contributed by atoms with van der Waals surface area (Å²) >= 11 is 5.90. The third-order valence-corrected chi connectivity index (χ3v) is 4.43. The van der Waals surface area contributed by atoms with Gasteiger partial charge in [0.1, 0.15) is 5.75 Å². The molecule has 1 heterocycles. The normalized spacial score (nSPS) is 21.5. The molecule has 0 saturated heterocycles. The van der Waals surface area contributed by atoms with Crippen LogP contribution in [0.3, 0.4) is 0 Å². The van der Waals surface area contributed by atoms with Gasteiger partial charge in [-0.05, 0) is 37.0 Å². The van der Waals surface area contributed by atoms with Crippen LogP contribution in [0.4, 0.5) is 0 Å². The molecule has 1 amide bonds. The minimum atomic E-state index is -0.403. The van der Waals surface area contributed by atoms with Gasteiger partial charge >= 0.3 is 0 Å². The van der Waals surface area contributed by atoms with Crippen LogP contribution in [0.25, 0.3) is 0 Å². The highest BCUT2D eigenvalue weighted by Crippen LogP contribution is 2.38. The maximum absolute atomic E-state index is 12.5. The third kappa shape index (κ3) is 3.33. The highest BCUT2D eigenvalue weighted by atomic mass is 35.5. The molecule has 3 rings (SSSR count). The van der Waals surface area contributed by atoms with Crippen LogP contribution >= 0.6 is 11.6 Å². The summed E-state index contributed by atoms with van der Waals surface area (Å²) in [6.07, 6.45) is 4.47. The van der Waals surface area contributed by atoms with Crippen molar-refractivity contribution in [3.8, 4) is 5.75 Å². The first-order valence-electron chi connectivity index (χ1n) is 7.40. The number of rotatable bonds is 4. The number of nitrogens with one attached hydrogen (secondary N) is 1. The lowest BCUT2D eigenvalue weighted by Gasteiger charge is -2.37. The fraction of sp³-hybridized carbons (Fsp3) is 0.375. The first-order valence-corrected chi connectivity index (χ1v) is 7.78. The van der Waals surface area contributed by atoms with Crippen molar-refractivity contribution in [1.82, 2.24) is 15.1 Å². The Labute approximate surface area is 138 Å². The summed E-state index contributed by atoms with van der Waals surface area (Å²) in [6.45, 7) is 0. The van der Waals surface area contributed by atoms with E-state index in [1.165, 1.54) is 18.2 Å². The van der Waals surface area contributed by atoms with Crippen molar-refractivity contribution in [2.45, 2.75) is 25.0 Å². The Morgan fingerprint density at radius 1 is 1.48 bits per heavy atom. The Balaban J connectivity index is 1.83. The van der Waals surface area contributed by atoms with Crippen molar-refractivity contribution in [3.05, 3.63) is 46.7 Å². The van der Waals surface area contributed by atoms with Crippen molar-refractivity contribution in [3.63, 3.8) is 0 Å². The molecule has 1 aliphatic rings. The van der Waals surface area contributed by atoms with E-state index < -0.39 is 5.91 Å². The topological polar surface area (TPSA) is 87.4 Å². The van der Waals surface area contributed by atoms with Gasteiger partial charge in [-0.3, -0.25) is 9.48 Å². The number of aliphatic hydroxyl groups is 1. The van der Waals surface area contributed by atoms with E-state index in [1.54, 1.807) is 17.9 Å². The lowest BCUT2D eigenvalue weighted by Crippen LogP contribution is -2.41. The van der Waals surface area contributed by atoms with Gasteiger partial charge < -0.3 is 15.5 Å². The number of hydrogen-bond acceptors (Lipinski definition) is 4. The molecule has 3 N–H and O–H groups in total. The Bertz CT molecular complexity index is 725. The minimum absolute atomic E-state index is 0.120. The van der Waals surface area contributed by atoms with Crippen LogP contribution in [0.5, 0.6) is 5.75 Å². The number of aromatic nitrogens is 2. The van der Waals surface area contributed by atoms with Gasteiger partial charge in [0.05, 0.1) is 23.9 Å². The molecule has 1 fully saturated rings. The van der Waals surface area contributed by atoms with Crippen molar-refractivity contribution < 1.29 is 15.0 Å². The molecule has 1 saturated carbocycles. The highest BCUT2D eigenvalue weighted by molar-refractivity contribution is 6.31. The largest absolute Gasteiger partial charge is 0.507 e. The van der Waals surface area contributed by atoms with Gasteiger partial charge in [0.15, 0.2) is 0 Å². The van der Waals surface area contributed by atoms with Crippen molar-refractivity contribution >= 4 is 17.5 Å². The van der Waals surface area contributed by atoms with Gasteiger partial charge in [0.25, 0.3) is 5.91 Å². The first-order chi connectivity index (χ1) is 10.9. The number of aromatic hydroxyl groups is 1. The minimum Gasteiger partial charge on any atom is -0.507 e. The van der Waals surface area contributed by atoms with Crippen molar-refractivity contribution in [2.75, 3.05) is 0 Å². The predicted octanol–water partition coefficient (Wildman–Crippen LogP) is 2.02. The number of aliphatic hydroxyl groups excluding tert-OH is 1. The molecule has 2 aromatic rings. The van der Waals surface area contributed by atoms with Crippen LogP contribution in [0.15, 0.2) is 30.6 Å². The molecule has 1 unspecified atom stereocenters. The summed E-state index contributed by atoms with van der Waals surface area (Å²) in [4.78, 5) is 12.5. The second kappa shape index (κ2) is 6.22. The van der Waals surface area contributed by atoms with Crippen LogP contribution < -0.4 is 5.32 Å². The van der Waals surface area contributed by atoms with E-state index in [9.17, 15) is 15.0 Å². The van der Waals surface area contributed by atoms with E-state index >= 15 is 0 Å². The quantitative estimate of drug-likeness (QED) is 0.797. The summed E-state index contributed by atoms with van der Waals surface area (Å²) in [5.41, 5.74) is 1.01. The van der Waals surface area contributed by atoms with E-state index in [2.05, 4.69) is 10.4 Å². The highest BCUT2D eigenvalue weighted by Gasteiger charge is 2.36. The molecule has 0 spiro atoms. The predicted molar refractivity (Wildman–Crippen MR) is 85.3 cm³/mol. The van der Waals surface area contributed by atoms with E-state index in [-0.39, 0.29) is 29.4 Å². The summed E-state index contributed by atoms with van der Waals surface area (Å²) in [5.74, 6) is -0.384. The molecule has 0 bridgehead atoms. The van der Waals surface area contributed by atoms with Gasteiger partial charge in [-0.15, -0.1) is 0 Å². The van der Waals surface area contributed by atoms with E-state index in [4.69, 9.17) is 11.6 Å². The molecular formula is C16H18ClN3O3. The van der Waals surface area contributed by atoms with Gasteiger partial charge in [-0.2, -0.15) is 5.10 Å². The fourth-order valence-corrected chi connectivity index (χ4v) is 3.06. The van der Waals surface area contributed by atoms with Crippen LogP contribution in [-0.4, -0.2) is 32.0 Å². The maximum atomic E-state index is 12.5. The molecule has 6 nitrogen and oxygen atoms in total.